The van der Waals surface area contributed by atoms with E-state index in [1.807, 2.05) is 0 Å². The number of ketones is 3. The van der Waals surface area contributed by atoms with Gasteiger partial charge < -0.3 is 77.2 Å². The van der Waals surface area contributed by atoms with Gasteiger partial charge in [0.25, 0.3) is 0 Å². The van der Waals surface area contributed by atoms with Crippen LogP contribution >= 0.6 is 0 Å². The fourth-order valence-corrected chi connectivity index (χ4v) is 7.72. The number of aliphatic hydroxyl groups is 3. The van der Waals surface area contributed by atoms with Crippen LogP contribution in [0.3, 0.4) is 0 Å². The molecule has 8 atom stereocenters. The molecule has 0 radical (unpaired) electrons. The van der Waals surface area contributed by atoms with E-state index in [0.29, 0.717) is 30.6 Å². The number of rotatable bonds is 18. The van der Waals surface area contributed by atoms with Crippen LogP contribution < -0.4 is 37.1 Å². The number of hydrogen-bond acceptors (Lipinski definition) is 18. The monoisotopic (exact) mass is 1030 g/mol. The molecule has 5 rings (SSSR count). The number of carboxylic acids is 1. The first-order valence-corrected chi connectivity index (χ1v) is 23.5. The predicted octanol–water partition coefficient (Wildman–Crippen LogP) is -0.801. The average molecular weight is 1030 g/mol. The first-order valence-electron chi connectivity index (χ1n) is 23.5. The lowest BCUT2D eigenvalue weighted by molar-refractivity contribution is -0.202. The molecule has 1 fully saturated rings. The summed E-state index contributed by atoms with van der Waals surface area (Å²) in [6, 6.07) is 1.78. The Hall–Kier alpha value is -6.86. The van der Waals surface area contributed by atoms with Crippen LogP contribution in [0.2, 0.25) is 0 Å². The van der Waals surface area contributed by atoms with Crippen LogP contribution in [-0.4, -0.2) is 160 Å². The van der Waals surface area contributed by atoms with Crippen LogP contribution in [0.1, 0.15) is 123 Å². The normalized spacial score (nSPS) is 19.5. The SMILES string of the molecule is CC(C)CCC(=O)NC1CC(O)OC(C)C1O.CNC(=O)C(CC(N)=O)NC(=O)C(C)NC(=O)C(C)NC.COc1cccc2c1C(=O)c1c(O)c3c(c(O)c1C2=O)CC(C(=O)CO)CC3.O=CCCC(=O)O. The smallest absolute Gasteiger partial charge is 0.303 e. The number of carboxylic acid groups (broad SMARTS) is 1. The molecule has 0 spiro atoms. The zero-order chi connectivity index (χ0) is 55.4. The van der Waals surface area contributed by atoms with Crippen molar-refractivity contribution in [3.8, 4) is 17.2 Å². The van der Waals surface area contributed by atoms with Crippen molar-refractivity contribution in [2.45, 2.75) is 135 Å². The molecule has 1 saturated heterocycles. The van der Waals surface area contributed by atoms with Gasteiger partial charge in [0, 0.05) is 48.9 Å². The highest BCUT2D eigenvalue weighted by Crippen LogP contribution is 2.47. The molecule has 13 N–H and O–H groups in total. The summed E-state index contributed by atoms with van der Waals surface area (Å²) in [5, 5.41) is 70.6. The van der Waals surface area contributed by atoms with Crippen molar-refractivity contribution in [2.24, 2.45) is 17.6 Å². The fourth-order valence-electron chi connectivity index (χ4n) is 7.72. The quantitative estimate of drug-likeness (QED) is 0.0548. The van der Waals surface area contributed by atoms with Gasteiger partial charge in [0.2, 0.25) is 35.3 Å². The van der Waals surface area contributed by atoms with Gasteiger partial charge in [-0.15, -0.1) is 0 Å². The molecule has 24 nitrogen and oxygen atoms in total. The van der Waals surface area contributed by atoms with Crippen molar-refractivity contribution in [3.05, 3.63) is 51.6 Å². The van der Waals surface area contributed by atoms with Gasteiger partial charge in [-0.1, -0.05) is 26.0 Å². The number of aliphatic carboxylic acids is 1. The molecule has 404 valence electrons. The topological polar surface area (TPSA) is 397 Å². The van der Waals surface area contributed by atoms with Crippen molar-refractivity contribution in [2.75, 3.05) is 27.8 Å². The number of Topliss-reactive ketones (excluding diaryl/α,β-unsaturated/α-hetero) is 1. The number of aldehydes is 1. The Kier molecular flexibility index (Phi) is 25.2. The van der Waals surface area contributed by atoms with Crippen molar-refractivity contribution >= 4 is 59.1 Å². The number of nitrogens with one attached hydrogen (secondary N) is 5. The number of amides is 5. The second-order valence-electron chi connectivity index (χ2n) is 17.8. The number of hydrogen-bond donors (Lipinski definition) is 12. The number of methoxy groups -OCH3 is 1. The van der Waals surface area contributed by atoms with E-state index in [1.165, 1.54) is 27.1 Å². The number of carbonyl (C=O) groups is 10. The maximum atomic E-state index is 13.1. The summed E-state index contributed by atoms with van der Waals surface area (Å²) in [5.74, 6) is -5.28. The van der Waals surface area contributed by atoms with Crippen molar-refractivity contribution < 1.29 is 88.1 Å². The molecule has 24 heteroatoms. The number of benzene rings is 2. The Morgan fingerprint density at radius 1 is 0.877 bits per heavy atom. The summed E-state index contributed by atoms with van der Waals surface area (Å²) >= 11 is 0. The minimum Gasteiger partial charge on any atom is -0.507 e. The summed E-state index contributed by atoms with van der Waals surface area (Å²) in [4.78, 5) is 115. The van der Waals surface area contributed by atoms with Crippen LogP contribution in [0.4, 0.5) is 0 Å². The molecule has 0 aromatic heterocycles. The molecular formula is C49H70N6O18. The van der Waals surface area contributed by atoms with Crippen LogP contribution in [-0.2, 0) is 55.9 Å². The molecule has 2 aliphatic carbocycles. The highest BCUT2D eigenvalue weighted by atomic mass is 16.6. The van der Waals surface area contributed by atoms with Crippen molar-refractivity contribution in [1.29, 1.82) is 0 Å². The van der Waals surface area contributed by atoms with E-state index in [0.717, 1.165) is 6.42 Å². The maximum Gasteiger partial charge on any atom is 0.303 e. The molecule has 1 heterocycles. The molecule has 0 bridgehead atoms. The molecule has 0 saturated carbocycles. The second-order valence-corrected chi connectivity index (χ2v) is 17.8. The Labute approximate surface area is 422 Å². The lowest BCUT2D eigenvalue weighted by atomic mass is 9.75. The minimum absolute atomic E-state index is 0.0521. The third kappa shape index (κ3) is 17.7. The maximum absolute atomic E-state index is 13.1. The molecule has 5 amide bonds. The number of likely N-dealkylation sites (N-methyl/N-ethyl adjacent to an activating group) is 2. The zero-order valence-corrected chi connectivity index (χ0v) is 42.2. The summed E-state index contributed by atoms with van der Waals surface area (Å²) in [6.45, 7) is 8.30. The van der Waals surface area contributed by atoms with E-state index in [-0.39, 0.29) is 101 Å². The Bertz CT molecular complexity index is 2340. The second kappa shape index (κ2) is 29.6. The number of ether oxygens (including phenoxy) is 2. The van der Waals surface area contributed by atoms with E-state index in [4.69, 9.17) is 25.4 Å². The Morgan fingerprint density at radius 3 is 2.03 bits per heavy atom. The molecule has 8 unspecified atom stereocenters. The highest BCUT2D eigenvalue weighted by molar-refractivity contribution is 6.31. The van der Waals surface area contributed by atoms with E-state index < -0.39 is 90.4 Å². The van der Waals surface area contributed by atoms with Gasteiger partial charge in [0.05, 0.1) is 54.8 Å². The molecular weight excluding hydrogens is 961 g/mol. The number of aliphatic hydroxyl groups excluding tert-OH is 3. The molecule has 73 heavy (non-hydrogen) atoms. The molecule has 1 aliphatic heterocycles. The third-order valence-corrected chi connectivity index (χ3v) is 12.0. The largest absolute Gasteiger partial charge is 0.507 e. The number of phenolic OH excluding ortho intramolecular Hbond substituents is 2. The molecule has 3 aliphatic rings. The zero-order valence-electron chi connectivity index (χ0n) is 42.2. The number of aromatic hydroxyl groups is 2. The van der Waals surface area contributed by atoms with Gasteiger partial charge in [-0.05, 0) is 65.5 Å². The Morgan fingerprint density at radius 2 is 1.49 bits per heavy atom. The van der Waals surface area contributed by atoms with Crippen LogP contribution in [0.25, 0.3) is 0 Å². The molecule has 2 aromatic carbocycles. The van der Waals surface area contributed by atoms with Gasteiger partial charge in [-0.2, -0.15) is 0 Å². The van der Waals surface area contributed by atoms with E-state index in [2.05, 4.69) is 40.4 Å². The first kappa shape index (κ1) is 62.3. The average Bonchev–Trinajstić information content (AvgIpc) is 3.35. The summed E-state index contributed by atoms with van der Waals surface area (Å²) in [5.41, 5.74) is 5.33. The van der Waals surface area contributed by atoms with E-state index in [1.54, 1.807) is 33.0 Å². The van der Waals surface area contributed by atoms with Crippen LogP contribution in [0.15, 0.2) is 18.2 Å². The molecule has 2 aromatic rings. The third-order valence-electron chi connectivity index (χ3n) is 12.0. The van der Waals surface area contributed by atoms with E-state index >= 15 is 0 Å². The summed E-state index contributed by atoms with van der Waals surface area (Å²) in [6.07, 6.45) is 0.423. The fraction of sp³-hybridized carbons (Fsp3) is 0.551. The van der Waals surface area contributed by atoms with Crippen LogP contribution in [0, 0.1) is 11.8 Å². The first-order chi connectivity index (χ1) is 34.3. The van der Waals surface area contributed by atoms with Gasteiger partial charge in [-0.25, -0.2) is 0 Å². The number of primary amides is 1. The van der Waals surface area contributed by atoms with Gasteiger partial charge in [0.1, 0.15) is 48.3 Å². The lowest BCUT2D eigenvalue weighted by Gasteiger charge is -2.36. The number of carbonyl (C=O) groups excluding carboxylic acids is 9. The number of fused-ring (bicyclic) bond motifs is 3. The summed E-state index contributed by atoms with van der Waals surface area (Å²) in [7, 11) is 4.37. The van der Waals surface area contributed by atoms with Gasteiger partial charge in [0.15, 0.2) is 17.9 Å². The predicted molar refractivity (Wildman–Crippen MR) is 259 cm³/mol. The number of nitrogens with two attached hydrogens (primary N) is 1. The Balaban J connectivity index is 0.000000362. The van der Waals surface area contributed by atoms with Crippen molar-refractivity contribution in [1.82, 2.24) is 26.6 Å². The van der Waals surface area contributed by atoms with Crippen molar-refractivity contribution in [3.63, 3.8) is 0 Å². The lowest BCUT2D eigenvalue weighted by Crippen LogP contribution is -2.55. The van der Waals surface area contributed by atoms with Gasteiger partial charge >= 0.3 is 5.97 Å². The number of phenols is 2. The minimum atomic E-state index is -1.07. The van der Waals surface area contributed by atoms with E-state index in [9.17, 15) is 68.4 Å². The standard InChI is InChI=1S/C21H18O7.C12H23N5O4.C12H23NO4.C4H6O3/c1-28-14-4-2-3-11-15(14)21(27)17-16(19(11)25)20(26)12-7-9(13(23)8-22)5-6-10(12)18(17)24;1-6(14-3)10(19)16-7(2)11(20)17-8(5-9(13)18)12(21)15-4;1-7(2)4-5-10(14)13-9-6-11(15)17-8(3)12(9)16;5-3-1-2-4(6)7/h2-4,9,22,24,26H,5-8H2,1H3;6-8,14H,5H2,1-4H3,(H2,13,18)(H,15,21)(H,16,19)(H,17,20);7-9,11-12,15-16H,4-6H2,1-3H3,(H,13,14);3H,1-2H2,(H,6,7). The van der Waals surface area contributed by atoms with Crippen LogP contribution in [0.5, 0.6) is 17.2 Å². The summed E-state index contributed by atoms with van der Waals surface area (Å²) < 4.78 is 10.3. The highest BCUT2D eigenvalue weighted by Gasteiger charge is 2.41. The van der Waals surface area contributed by atoms with Gasteiger partial charge in [-0.3, -0.25) is 43.2 Å².